The van der Waals surface area contributed by atoms with Crippen LogP contribution in [0, 0.1) is 17.2 Å². The van der Waals surface area contributed by atoms with Gasteiger partial charge in [0.2, 0.25) is 5.91 Å². The third kappa shape index (κ3) is 3.68. The van der Waals surface area contributed by atoms with E-state index >= 15 is 0 Å². The Morgan fingerprint density at radius 2 is 2.15 bits per heavy atom. The summed E-state index contributed by atoms with van der Waals surface area (Å²) in [5.41, 5.74) is -0.278. The van der Waals surface area contributed by atoms with Gasteiger partial charge >= 0.3 is 6.03 Å². The number of rotatable bonds is 7. The highest BCUT2D eigenvalue weighted by atomic mass is 32.2. The van der Waals surface area contributed by atoms with E-state index in [1.165, 1.54) is 11.8 Å². The quantitative estimate of drug-likeness (QED) is 0.434. The number of hydrogen-bond acceptors (Lipinski definition) is 5. The zero-order chi connectivity index (χ0) is 18.7. The molecule has 2 fully saturated rings. The Bertz CT molecular complexity index is 787. The lowest BCUT2D eigenvalue weighted by atomic mass is 9.96. The number of anilines is 1. The molecule has 8 heteroatoms. The molecule has 1 saturated heterocycles. The number of para-hydroxylation sites is 1. The molecule has 0 radical (unpaired) electrons. The number of thioether (sulfide) groups is 1. The SMILES string of the molecule is C[C@@]1(C2CC2)NC(=O)N(CC(=O)Nc2ccccc2SCCC#N)C1=O. The first-order valence-corrected chi connectivity index (χ1v) is 9.47. The van der Waals surface area contributed by atoms with Crippen molar-refractivity contribution in [3.63, 3.8) is 0 Å². The minimum absolute atomic E-state index is 0.157. The highest BCUT2D eigenvalue weighted by Crippen LogP contribution is 2.42. The molecule has 0 aromatic heterocycles. The summed E-state index contributed by atoms with van der Waals surface area (Å²) >= 11 is 1.47. The first kappa shape index (κ1) is 18.3. The second-order valence-corrected chi connectivity index (χ2v) is 7.74. The van der Waals surface area contributed by atoms with Crippen molar-refractivity contribution in [2.24, 2.45) is 5.92 Å². The molecule has 0 spiro atoms. The van der Waals surface area contributed by atoms with Gasteiger partial charge < -0.3 is 10.6 Å². The summed E-state index contributed by atoms with van der Waals surface area (Å²) in [6.45, 7) is 1.41. The molecular weight excluding hydrogens is 352 g/mol. The number of amides is 4. The summed E-state index contributed by atoms with van der Waals surface area (Å²) in [4.78, 5) is 38.9. The molecule has 1 saturated carbocycles. The van der Waals surface area contributed by atoms with Gasteiger partial charge in [0.25, 0.3) is 5.91 Å². The molecule has 1 aliphatic heterocycles. The average Bonchev–Trinajstić information content (AvgIpc) is 3.43. The normalized spacial score (nSPS) is 22.1. The van der Waals surface area contributed by atoms with Crippen LogP contribution in [0.2, 0.25) is 0 Å². The number of carbonyl (C=O) groups is 3. The average molecular weight is 372 g/mol. The van der Waals surface area contributed by atoms with Gasteiger partial charge in [-0.05, 0) is 37.8 Å². The molecule has 1 heterocycles. The van der Waals surface area contributed by atoms with E-state index in [2.05, 4.69) is 16.7 Å². The van der Waals surface area contributed by atoms with Crippen molar-refractivity contribution < 1.29 is 14.4 Å². The van der Waals surface area contributed by atoms with Crippen molar-refractivity contribution in [3.8, 4) is 6.07 Å². The van der Waals surface area contributed by atoms with Crippen molar-refractivity contribution in [1.29, 1.82) is 5.26 Å². The van der Waals surface area contributed by atoms with E-state index in [1.807, 2.05) is 12.1 Å². The van der Waals surface area contributed by atoms with Crippen molar-refractivity contribution in [1.82, 2.24) is 10.2 Å². The van der Waals surface area contributed by atoms with E-state index in [9.17, 15) is 14.4 Å². The topological polar surface area (TPSA) is 102 Å². The number of imide groups is 1. The van der Waals surface area contributed by atoms with Gasteiger partial charge in [-0.3, -0.25) is 14.5 Å². The van der Waals surface area contributed by atoms with E-state index in [0.717, 1.165) is 22.6 Å². The van der Waals surface area contributed by atoms with Crippen molar-refractivity contribution in [2.45, 2.75) is 36.6 Å². The second kappa shape index (κ2) is 7.38. The smallest absolute Gasteiger partial charge is 0.324 e. The van der Waals surface area contributed by atoms with Crippen LogP contribution in [0.1, 0.15) is 26.2 Å². The number of nitriles is 1. The van der Waals surface area contributed by atoms with Gasteiger partial charge in [-0.15, -0.1) is 11.8 Å². The summed E-state index contributed by atoms with van der Waals surface area (Å²) in [5.74, 6) is 0.0128. The lowest BCUT2D eigenvalue weighted by Crippen LogP contribution is -2.46. The number of benzene rings is 1. The largest absolute Gasteiger partial charge is 0.325 e. The number of carbonyl (C=O) groups excluding carboxylic acids is 3. The molecule has 1 atom stereocenters. The first-order chi connectivity index (χ1) is 12.5. The summed E-state index contributed by atoms with van der Waals surface area (Å²) in [6, 6.07) is 8.82. The maximum atomic E-state index is 12.6. The van der Waals surface area contributed by atoms with E-state index in [-0.39, 0.29) is 18.4 Å². The summed E-state index contributed by atoms with van der Waals surface area (Å²) in [7, 11) is 0. The van der Waals surface area contributed by atoms with Crippen LogP contribution in [0.5, 0.6) is 0 Å². The van der Waals surface area contributed by atoms with E-state index < -0.39 is 17.5 Å². The Labute approximate surface area is 156 Å². The van der Waals surface area contributed by atoms with Crippen LogP contribution in [0.15, 0.2) is 29.2 Å². The fraction of sp³-hybridized carbons (Fsp3) is 0.444. The molecule has 1 aromatic rings. The molecule has 136 valence electrons. The molecule has 1 aromatic carbocycles. The Balaban J connectivity index is 1.64. The van der Waals surface area contributed by atoms with Crippen LogP contribution in [0.25, 0.3) is 0 Å². The van der Waals surface area contributed by atoms with Crippen LogP contribution in [0.3, 0.4) is 0 Å². The van der Waals surface area contributed by atoms with Gasteiger partial charge in [-0.25, -0.2) is 4.79 Å². The van der Waals surface area contributed by atoms with Gasteiger partial charge in [0.15, 0.2) is 0 Å². The third-order valence-corrected chi connectivity index (χ3v) is 5.70. The first-order valence-electron chi connectivity index (χ1n) is 8.48. The number of nitrogens with zero attached hydrogens (tertiary/aromatic N) is 2. The molecule has 26 heavy (non-hydrogen) atoms. The van der Waals surface area contributed by atoms with Gasteiger partial charge in [0, 0.05) is 17.1 Å². The van der Waals surface area contributed by atoms with Gasteiger partial charge in [0.1, 0.15) is 12.1 Å². The zero-order valence-electron chi connectivity index (χ0n) is 14.4. The van der Waals surface area contributed by atoms with Gasteiger partial charge in [-0.2, -0.15) is 5.26 Å². The van der Waals surface area contributed by atoms with E-state index in [0.29, 0.717) is 17.9 Å². The predicted molar refractivity (Wildman–Crippen MR) is 97.4 cm³/mol. The van der Waals surface area contributed by atoms with Crippen LogP contribution in [-0.4, -0.2) is 40.6 Å². The highest BCUT2D eigenvalue weighted by Gasteiger charge is 2.56. The Morgan fingerprint density at radius 3 is 2.85 bits per heavy atom. The van der Waals surface area contributed by atoms with Crippen molar-refractivity contribution in [2.75, 3.05) is 17.6 Å². The van der Waals surface area contributed by atoms with Crippen LogP contribution >= 0.6 is 11.8 Å². The molecule has 2 N–H and O–H groups in total. The monoisotopic (exact) mass is 372 g/mol. The van der Waals surface area contributed by atoms with Crippen LogP contribution in [-0.2, 0) is 9.59 Å². The van der Waals surface area contributed by atoms with Crippen LogP contribution in [0.4, 0.5) is 10.5 Å². The molecule has 0 bridgehead atoms. The third-order valence-electron chi connectivity index (χ3n) is 4.63. The fourth-order valence-electron chi connectivity index (χ4n) is 3.03. The number of hydrogen-bond donors (Lipinski definition) is 2. The molecular formula is C18H20N4O3S. The maximum Gasteiger partial charge on any atom is 0.325 e. The second-order valence-electron chi connectivity index (χ2n) is 6.60. The number of nitrogens with one attached hydrogen (secondary N) is 2. The lowest BCUT2D eigenvalue weighted by Gasteiger charge is -2.20. The predicted octanol–water partition coefficient (Wildman–Crippen LogP) is 2.35. The van der Waals surface area contributed by atoms with Gasteiger partial charge in [-0.1, -0.05) is 12.1 Å². The highest BCUT2D eigenvalue weighted by molar-refractivity contribution is 7.99. The maximum absolute atomic E-state index is 12.6. The Kier molecular flexibility index (Phi) is 5.18. The molecule has 1 aliphatic carbocycles. The summed E-state index contributed by atoms with van der Waals surface area (Å²) < 4.78 is 0. The zero-order valence-corrected chi connectivity index (χ0v) is 15.3. The summed E-state index contributed by atoms with van der Waals surface area (Å²) in [6.07, 6.45) is 2.24. The Morgan fingerprint density at radius 1 is 1.42 bits per heavy atom. The van der Waals surface area contributed by atoms with Crippen molar-refractivity contribution >= 4 is 35.3 Å². The lowest BCUT2D eigenvalue weighted by molar-refractivity contribution is -0.134. The van der Waals surface area contributed by atoms with Crippen molar-refractivity contribution in [3.05, 3.63) is 24.3 Å². The molecule has 7 nitrogen and oxygen atoms in total. The minimum Gasteiger partial charge on any atom is -0.324 e. The van der Waals surface area contributed by atoms with E-state index in [4.69, 9.17) is 5.26 Å². The summed E-state index contributed by atoms with van der Waals surface area (Å²) in [5, 5.41) is 14.1. The number of urea groups is 1. The van der Waals surface area contributed by atoms with Gasteiger partial charge in [0.05, 0.1) is 11.8 Å². The minimum atomic E-state index is -0.886. The molecule has 3 rings (SSSR count). The molecule has 2 aliphatic rings. The van der Waals surface area contributed by atoms with E-state index in [1.54, 1.807) is 19.1 Å². The molecule has 0 unspecified atom stereocenters. The fourth-order valence-corrected chi connectivity index (χ4v) is 3.90. The standard InChI is InChI=1S/C18H20N4O3S/c1-18(12-7-8-12)16(24)22(17(25)21-18)11-15(23)20-13-5-2-3-6-14(13)26-10-4-9-19/h2-3,5-6,12H,4,7-8,10-11H2,1H3,(H,20,23)(H,21,25)/t18-/m0/s1. The van der Waals surface area contributed by atoms with Crippen LogP contribution < -0.4 is 10.6 Å². The molecule has 4 amide bonds. The Hall–Kier alpha value is -2.53.